The molecule has 1 atom stereocenters. The van der Waals surface area contributed by atoms with Crippen LogP contribution in [0.4, 0.5) is 4.79 Å². The third-order valence-electron chi connectivity index (χ3n) is 3.51. The normalized spacial score (nSPS) is 14.1. The molecule has 0 fully saturated rings. The summed E-state index contributed by atoms with van der Waals surface area (Å²) >= 11 is 0. The first kappa shape index (κ1) is 14.1. The van der Waals surface area contributed by atoms with Gasteiger partial charge in [0.25, 0.3) is 0 Å². The van der Waals surface area contributed by atoms with E-state index >= 15 is 0 Å². The van der Waals surface area contributed by atoms with E-state index in [0.717, 1.165) is 22.3 Å². The fourth-order valence-electron chi connectivity index (χ4n) is 2.69. The molecule has 0 radical (unpaired) electrons. The molecule has 21 heavy (non-hydrogen) atoms. The standard InChI is InChI=1S/C15H12ClNO3S/c16-21(19)17-15(18)20-9-14-12-7-3-1-5-10(12)11-6-2-4-8-13(11)14/h1-8,14H,9H2,(H,17,18). The lowest BCUT2D eigenvalue weighted by molar-refractivity contribution is 0.150. The van der Waals surface area contributed by atoms with Crippen molar-refractivity contribution in [1.82, 2.24) is 4.72 Å². The van der Waals surface area contributed by atoms with Crippen molar-refractivity contribution in [3.8, 4) is 11.1 Å². The smallest absolute Gasteiger partial charge is 0.420 e. The second-order valence-corrected chi connectivity index (χ2v) is 6.14. The van der Waals surface area contributed by atoms with Crippen molar-refractivity contribution in [2.24, 2.45) is 0 Å². The lowest BCUT2D eigenvalue weighted by atomic mass is 9.98. The molecule has 0 saturated heterocycles. The summed E-state index contributed by atoms with van der Waals surface area (Å²) in [7, 11) is 3.25. The van der Waals surface area contributed by atoms with Crippen molar-refractivity contribution in [1.29, 1.82) is 0 Å². The maximum Gasteiger partial charge on any atom is 0.420 e. The highest BCUT2D eigenvalue weighted by atomic mass is 35.7. The summed E-state index contributed by atoms with van der Waals surface area (Å²) in [4.78, 5) is 11.4. The van der Waals surface area contributed by atoms with Crippen molar-refractivity contribution in [3.63, 3.8) is 0 Å². The quantitative estimate of drug-likeness (QED) is 0.882. The summed E-state index contributed by atoms with van der Waals surface area (Å²) in [5, 5.41) is 0. The Morgan fingerprint density at radius 1 is 1.10 bits per heavy atom. The first-order chi connectivity index (χ1) is 10.2. The number of ether oxygens (including phenoxy) is 1. The molecule has 1 aliphatic rings. The molecule has 1 unspecified atom stereocenters. The summed E-state index contributed by atoms with van der Waals surface area (Å²) in [6.45, 7) is 0.175. The maximum atomic E-state index is 11.4. The lowest BCUT2D eigenvalue weighted by Gasteiger charge is -2.13. The van der Waals surface area contributed by atoms with Crippen LogP contribution in [0.3, 0.4) is 0 Å². The number of carbonyl (C=O) groups excluding carboxylic acids is 1. The van der Waals surface area contributed by atoms with Crippen molar-refractivity contribution in [3.05, 3.63) is 59.7 Å². The number of hydrogen-bond acceptors (Lipinski definition) is 3. The van der Waals surface area contributed by atoms with Crippen LogP contribution < -0.4 is 4.72 Å². The van der Waals surface area contributed by atoms with Crippen molar-refractivity contribution in [2.75, 3.05) is 6.61 Å². The number of nitrogens with one attached hydrogen (secondary N) is 1. The molecule has 0 bridgehead atoms. The zero-order valence-electron chi connectivity index (χ0n) is 10.9. The highest BCUT2D eigenvalue weighted by molar-refractivity contribution is 8.07. The fourth-order valence-corrected chi connectivity index (χ4v) is 3.07. The molecule has 0 saturated carbocycles. The van der Waals surface area contributed by atoms with Crippen LogP contribution >= 0.6 is 10.7 Å². The molecule has 2 aromatic carbocycles. The van der Waals surface area contributed by atoms with Gasteiger partial charge in [-0.2, -0.15) is 0 Å². The zero-order chi connectivity index (χ0) is 14.8. The number of halogens is 1. The SMILES string of the molecule is O=C(NS(=O)Cl)OCC1c2ccccc2-c2ccccc21. The van der Waals surface area contributed by atoms with Gasteiger partial charge in [0.1, 0.15) is 6.61 Å². The van der Waals surface area contributed by atoms with Gasteiger partial charge in [-0.1, -0.05) is 48.5 Å². The van der Waals surface area contributed by atoms with Crippen LogP contribution in [0.1, 0.15) is 17.0 Å². The maximum absolute atomic E-state index is 11.4. The molecule has 2 aromatic rings. The number of amides is 1. The molecule has 1 aliphatic carbocycles. The zero-order valence-corrected chi connectivity index (χ0v) is 12.5. The largest absolute Gasteiger partial charge is 0.448 e. The summed E-state index contributed by atoms with van der Waals surface area (Å²) < 4.78 is 17.8. The topological polar surface area (TPSA) is 55.4 Å². The number of rotatable bonds is 3. The van der Waals surface area contributed by atoms with Crippen LogP contribution in [0.15, 0.2) is 48.5 Å². The Bertz CT molecular complexity index is 674. The highest BCUT2D eigenvalue weighted by Crippen LogP contribution is 2.44. The second-order valence-electron chi connectivity index (χ2n) is 4.65. The molecule has 6 heteroatoms. The van der Waals surface area contributed by atoms with E-state index in [9.17, 15) is 9.00 Å². The van der Waals surface area contributed by atoms with Gasteiger partial charge in [0, 0.05) is 16.6 Å². The van der Waals surface area contributed by atoms with Crippen LogP contribution in [0.5, 0.6) is 0 Å². The van der Waals surface area contributed by atoms with E-state index in [-0.39, 0.29) is 12.5 Å². The van der Waals surface area contributed by atoms with Crippen LogP contribution in [0.2, 0.25) is 0 Å². The molecule has 1 amide bonds. The molecule has 0 aromatic heterocycles. The van der Waals surface area contributed by atoms with E-state index < -0.39 is 16.3 Å². The minimum atomic E-state index is -1.94. The van der Waals surface area contributed by atoms with E-state index in [0.29, 0.717) is 0 Å². The summed E-state index contributed by atoms with van der Waals surface area (Å²) in [6.07, 6.45) is -0.787. The van der Waals surface area contributed by atoms with E-state index in [1.165, 1.54) is 0 Å². The van der Waals surface area contributed by atoms with E-state index in [1.54, 1.807) is 0 Å². The molecule has 4 nitrogen and oxygen atoms in total. The third-order valence-corrected chi connectivity index (χ3v) is 4.07. The average molecular weight is 322 g/mol. The molecule has 0 spiro atoms. The van der Waals surface area contributed by atoms with Crippen molar-refractivity contribution < 1.29 is 13.7 Å². The second kappa shape index (κ2) is 5.87. The average Bonchev–Trinajstić information content (AvgIpc) is 2.79. The van der Waals surface area contributed by atoms with Gasteiger partial charge in [-0.3, -0.25) is 0 Å². The van der Waals surface area contributed by atoms with Gasteiger partial charge in [-0.25, -0.2) is 13.7 Å². The molecular formula is C15H12ClNO3S. The van der Waals surface area contributed by atoms with E-state index in [4.69, 9.17) is 15.4 Å². The molecule has 1 N–H and O–H groups in total. The minimum Gasteiger partial charge on any atom is -0.448 e. The Kier molecular flexibility index (Phi) is 3.94. The predicted octanol–water partition coefficient (Wildman–Crippen LogP) is 3.34. The summed E-state index contributed by atoms with van der Waals surface area (Å²) in [5.41, 5.74) is 4.56. The lowest BCUT2D eigenvalue weighted by Crippen LogP contribution is -2.25. The number of carbonyl (C=O) groups is 1. The van der Waals surface area contributed by atoms with Crippen molar-refractivity contribution in [2.45, 2.75) is 5.92 Å². The first-order valence-corrected chi connectivity index (χ1v) is 8.34. The molecule has 3 rings (SSSR count). The van der Waals surface area contributed by atoms with Gasteiger partial charge in [-0.15, -0.1) is 0 Å². The third kappa shape index (κ3) is 2.80. The Hall–Kier alpha value is -1.85. The van der Waals surface area contributed by atoms with E-state index in [2.05, 4.69) is 12.1 Å². The summed E-state index contributed by atoms with van der Waals surface area (Å²) in [6, 6.07) is 16.1. The number of fused-ring (bicyclic) bond motifs is 3. The van der Waals surface area contributed by atoms with Gasteiger partial charge in [0.2, 0.25) is 10.2 Å². The molecule has 0 aliphatic heterocycles. The van der Waals surface area contributed by atoms with Crippen LogP contribution in [-0.2, 0) is 14.9 Å². The Labute approximate surface area is 129 Å². The number of benzene rings is 2. The molecule has 108 valence electrons. The highest BCUT2D eigenvalue weighted by Gasteiger charge is 2.28. The minimum absolute atomic E-state index is 0.0214. The first-order valence-electron chi connectivity index (χ1n) is 6.36. The number of hydrogen-bond donors (Lipinski definition) is 1. The predicted molar refractivity (Wildman–Crippen MR) is 82.2 cm³/mol. The van der Waals surface area contributed by atoms with Crippen LogP contribution in [0.25, 0.3) is 11.1 Å². The molecular weight excluding hydrogens is 310 g/mol. The monoisotopic (exact) mass is 321 g/mol. The van der Waals surface area contributed by atoms with Gasteiger partial charge in [0.05, 0.1) is 0 Å². The van der Waals surface area contributed by atoms with Crippen LogP contribution in [0, 0.1) is 0 Å². The Morgan fingerprint density at radius 2 is 1.62 bits per heavy atom. The van der Waals surface area contributed by atoms with Crippen molar-refractivity contribution >= 4 is 27.0 Å². The van der Waals surface area contributed by atoms with Gasteiger partial charge in [0.15, 0.2) is 0 Å². The summed E-state index contributed by atoms with van der Waals surface area (Å²) in [5.74, 6) is -0.0214. The van der Waals surface area contributed by atoms with Crippen LogP contribution in [-0.4, -0.2) is 16.9 Å². The molecule has 0 heterocycles. The Morgan fingerprint density at radius 3 is 2.14 bits per heavy atom. The fraction of sp³-hybridized carbons (Fsp3) is 0.133. The van der Waals surface area contributed by atoms with E-state index in [1.807, 2.05) is 41.1 Å². The Balaban J connectivity index is 1.85. The van der Waals surface area contributed by atoms with Gasteiger partial charge in [-0.05, 0) is 22.3 Å². The van der Waals surface area contributed by atoms with Gasteiger partial charge < -0.3 is 4.74 Å². The van der Waals surface area contributed by atoms with Gasteiger partial charge >= 0.3 is 6.09 Å².